The molecule has 0 aliphatic rings. The van der Waals surface area contributed by atoms with Crippen molar-refractivity contribution in [2.45, 2.75) is 32.5 Å². The molecule has 2 aromatic carbocycles. The first kappa shape index (κ1) is 23.6. The van der Waals surface area contributed by atoms with Crippen LogP contribution >= 0.6 is 22.9 Å². The van der Waals surface area contributed by atoms with E-state index in [9.17, 15) is 9.59 Å². The van der Waals surface area contributed by atoms with Gasteiger partial charge in [0.1, 0.15) is 12.6 Å². The number of rotatable bonds is 9. The highest BCUT2D eigenvalue weighted by atomic mass is 35.5. The van der Waals surface area contributed by atoms with E-state index in [1.165, 1.54) is 21.0 Å². The van der Waals surface area contributed by atoms with Crippen molar-refractivity contribution in [1.29, 1.82) is 0 Å². The van der Waals surface area contributed by atoms with E-state index in [1.54, 1.807) is 24.3 Å². The van der Waals surface area contributed by atoms with Gasteiger partial charge in [-0.15, -0.1) is 21.5 Å². The van der Waals surface area contributed by atoms with E-state index >= 15 is 0 Å². The van der Waals surface area contributed by atoms with E-state index in [1.807, 2.05) is 54.8 Å². The molecule has 8 nitrogen and oxygen atoms in total. The van der Waals surface area contributed by atoms with Gasteiger partial charge in [0, 0.05) is 17.3 Å². The van der Waals surface area contributed by atoms with Gasteiger partial charge in [0.2, 0.25) is 11.7 Å². The molecule has 1 atom stereocenters. The van der Waals surface area contributed by atoms with Crippen molar-refractivity contribution in [3.63, 3.8) is 0 Å². The fourth-order valence-electron chi connectivity index (χ4n) is 3.50. The maximum atomic E-state index is 13.5. The fourth-order valence-corrected chi connectivity index (χ4v) is 4.27. The van der Waals surface area contributed by atoms with Gasteiger partial charge in [0.15, 0.2) is 0 Å². The number of hydrogen-bond acceptors (Lipinski definition) is 6. The summed E-state index contributed by atoms with van der Waals surface area (Å²) in [5, 5.41) is 17.8. The molecular formula is C24H23ClN6O2S. The molecule has 4 rings (SSSR count). The predicted molar refractivity (Wildman–Crippen MR) is 132 cm³/mol. The van der Waals surface area contributed by atoms with Gasteiger partial charge in [-0.1, -0.05) is 54.9 Å². The minimum Gasteiger partial charge on any atom is -0.350 e. The second-order valence-corrected chi connectivity index (χ2v) is 8.87. The highest BCUT2D eigenvalue weighted by molar-refractivity contribution is 7.13. The van der Waals surface area contributed by atoms with Crippen molar-refractivity contribution in [1.82, 2.24) is 25.5 Å². The molecule has 0 spiro atoms. The molecule has 2 heterocycles. The van der Waals surface area contributed by atoms with Crippen LogP contribution in [0.3, 0.4) is 0 Å². The molecule has 0 saturated heterocycles. The molecule has 0 saturated carbocycles. The Bertz CT molecular complexity index is 1230. The van der Waals surface area contributed by atoms with E-state index in [0.29, 0.717) is 29.5 Å². The Morgan fingerprint density at radius 3 is 2.53 bits per heavy atom. The lowest BCUT2D eigenvalue weighted by molar-refractivity contribution is -0.127. The zero-order chi connectivity index (χ0) is 23.9. The van der Waals surface area contributed by atoms with Crippen LogP contribution < -0.4 is 10.2 Å². The second kappa shape index (κ2) is 11.0. The number of halogens is 1. The summed E-state index contributed by atoms with van der Waals surface area (Å²) >= 11 is 7.55. The molecule has 174 valence electrons. The number of amides is 2. The third-order valence-corrected chi connectivity index (χ3v) is 6.27. The van der Waals surface area contributed by atoms with E-state index < -0.39 is 6.04 Å². The Morgan fingerprint density at radius 1 is 1.09 bits per heavy atom. The number of thiophene rings is 1. The van der Waals surface area contributed by atoms with Gasteiger partial charge in [-0.05, 0) is 52.9 Å². The monoisotopic (exact) mass is 494 g/mol. The number of hydrogen-bond donors (Lipinski definition) is 1. The Kier molecular flexibility index (Phi) is 7.66. The SMILES string of the molecule is CC[C@@H](C(=O)NCc1ccccc1)N(C(=O)Cn1nnc(-c2cccs2)n1)c1ccc(Cl)cc1. The van der Waals surface area contributed by atoms with Crippen LogP contribution in [0.15, 0.2) is 72.1 Å². The Hall–Kier alpha value is -3.56. The molecule has 0 radical (unpaired) electrons. The van der Waals surface area contributed by atoms with Gasteiger partial charge in [0.25, 0.3) is 5.91 Å². The van der Waals surface area contributed by atoms with Crippen molar-refractivity contribution in [2.75, 3.05) is 4.90 Å². The molecule has 0 fully saturated rings. The highest BCUT2D eigenvalue weighted by Crippen LogP contribution is 2.23. The topological polar surface area (TPSA) is 93.0 Å². The predicted octanol–water partition coefficient (Wildman–Crippen LogP) is 4.18. The van der Waals surface area contributed by atoms with E-state index in [0.717, 1.165) is 10.4 Å². The van der Waals surface area contributed by atoms with Crippen LogP contribution in [-0.4, -0.2) is 38.1 Å². The first-order valence-electron chi connectivity index (χ1n) is 10.8. The lowest BCUT2D eigenvalue weighted by Gasteiger charge is -2.30. The zero-order valence-electron chi connectivity index (χ0n) is 18.5. The molecule has 0 bridgehead atoms. The molecule has 2 amide bonds. The maximum Gasteiger partial charge on any atom is 0.251 e. The Balaban J connectivity index is 1.55. The van der Waals surface area contributed by atoms with Crippen LogP contribution in [0.2, 0.25) is 5.02 Å². The van der Waals surface area contributed by atoms with Gasteiger partial charge in [0.05, 0.1) is 4.88 Å². The zero-order valence-corrected chi connectivity index (χ0v) is 20.0. The normalized spacial score (nSPS) is 11.7. The summed E-state index contributed by atoms with van der Waals surface area (Å²) in [6, 6.07) is 19.5. The number of benzene rings is 2. The molecule has 2 aromatic heterocycles. The van der Waals surface area contributed by atoms with Crippen LogP contribution in [0.1, 0.15) is 18.9 Å². The van der Waals surface area contributed by atoms with Crippen molar-refractivity contribution >= 4 is 40.4 Å². The number of anilines is 1. The van der Waals surface area contributed by atoms with Crippen LogP contribution in [-0.2, 0) is 22.7 Å². The summed E-state index contributed by atoms with van der Waals surface area (Å²) in [4.78, 5) is 30.2. The average Bonchev–Trinajstić information content (AvgIpc) is 3.54. The average molecular weight is 495 g/mol. The molecule has 10 heteroatoms. The molecule has 34 heavy (non-hydrogen) atoms. The second-order valence-electron chi connectivity index (χ2n) is 7.49. The van der Waals surface area contributed by atoms with Crippen LogP contribution in [0, 0.1) is 0 Å². The van der Waals surface area contributed by atoms with E-state index in [2.05, 4.69) is 20.7 Å². The van der Waals surface area contributed by atoms with Gasteiger partial charge >= 0.3 is 0 Å². The number of carbonyl (C=O) groups is 2. The summed E-state index contributed by atoms with van der Waals surface area (Å²) < 4.78 is 0. The first-order valence-corrected chi connectivity index (χ1v) is 12.0. The third-order valence-electron chi connectivity index (χ3n) is 5.16. The number of tetrazole rings is 1. The number of nitrogens with one attached hydrogen (secondary N) is 1. The van der Waals surface area contributed by atoms with Crippen LogP contribution in [0.4, 0.5) is 5.69 Å². The van der Waals surface area contributed by atoms with Crippen molar-refractivity contribution in [3.05, 3.63) is 82.7 Å². The number of carbonyl (C=O) groups excluding carboxylic acids is 2. The minimum absolute atomic E-state index is 0.163. The summed E-state index contributed by atoms with van der Waals surface area (Å²) in [6.45, 7) is 2.07. The third kappa shape index (κ3) is 5.67. The minimum atomic E-state index is -0.724. The molecule has 1 N–H and O–H groups in total. The molecule has 0 aliphatic heterocycles. The quantitative estimate of drug-likeness (QED) is 0.376. The summed E-state index contributed by atoms with van der Waals surface area (Å²) in [5.74, 6) is -0.131. The van der Waals surface area contributed by atoms with Crippen molar-refractivity contribution in [2.24, 2.45) is 0 Å². The van der Waals surface area contributed by atoms with E-state index in [-0.39, 0.29) is 18.4 Å². The molecule has 0 aliphatic carbocycles. The highest BCUT2D eigenvalue weighted by Gasteiger charge is 2.30. The maximum absolute atomic E-state index is 13.5. The fraction of sp³-hybridized carbons (Fsp3) is 0.208. The van der Waals surface area contributed by atoms with Crippen LogP contribution in [0.5, 0.6) is 0 Å². The van der Waals surface area contributed by atoms with Gasteiger partial charge in [-0.25, -0.2) is 0 Å². The Labute approximate surface area is 206 Å². The van der Waals surface area contributed by atoms with Gasteiger partial charge in [-0.2, -0.15) is 4.80 Å². The van der Waals surface area contributed by atoms with E-state index in [4.69, 9.17) is 11.6 Å². The van der Waals surface area contributed by atoms with Crippen molar-refractivity contribution in [3.8, 4) is 10.7 Å². The summed E-state index contributed by atoms with van der Waals surface area (Å²) in [5.41, 5.74) is 1.54. The standard InChI is InChI=1S/C24H23ClN6O2S/c1-2-20(24(33)26-15-17-7-4-3-5-8-17)31(19-12-10-18(25)11-13-19)22(32)16-30-28-23(27-29-30)21-9-6-14-34-21/h3-14,20H,2,15-16H2,1H3,(H,26,33)/t20-/m0/s1. The van der Waals surface area contributed by atoms with Crippen LogP contribution in [0.25, 0.3) is 10.7 Å². The van der Waals surface area contributed by atoms with Gasteiger partial charge in [-0.3, -0.25) is 14.5 Å². The largest absolute Gasteiger partial charge is 0.350 e. The molecular weight excluding hydrogens is 472 g/mol. The smallest absolute Gasteiger partial charge is 0.251 e. The number of nitrogens with zero attached hydrogens (tertiary/aromatic N) is 5. The summed E-state index contributed by atoms with van der Waals surface area (Å²) in [6.07, 6.45) is 0.417. The molecule has 4 aromatic rings. The van der Waals surface area contributed by atoms with Gasteiger partial charge < -0.3 is 5.32 Å². The number of aromatic nitrogens is 4. The lowest BCUT2D eigenvalue weighted by Crippen LogP contribution is -2.50. The molecule has 0 unspecified atom stereocenters. The summed E-state index contributed by atoms with van der Waals surface area (Å²) in [7, 11) is 0. The Morgan fingerprint density at radius 2 is 1.85 bits per heavy atom. The first-order chi connectivity index (χ1) is 16.5. The van der Waals surface area contributed by atoms with Crippen molar-refractivity contribution < 1.29 is 9.59 Å². The lowest BCUT2D eigenvalue weighted by atomic mass is 10.1.